The minimum Gasteiger partial charge on any atom is -0.298 e. The Morgan fingerprint density at radius 3 is 2.89 bits per heavy atom. The molecule has 2 heterocycles. The van der Waals surface area contributed by atoms with Gasteiger partial charge in [0.25, 0.3) is 5.56 Å². The number of nitrogens with zero attached hydrogens (tertiary/aromatic N) is 2. The van der Waals surface area contributed by atoms with Crippen LogP contribution >= 0.6 is 24.0 Å². The van der Waals surface area contributed by atoms with Gasteiger partial charge in [-0.25, -0.2) is 4.98 Å². The maximum Gasteiger partial charge on any atom is 0.271 e. The summed E-state index contributed by atoms with van der Waals surface area (Å²) in [6.45, 7) is 2.76. The van der Waals surface area contributed by atoms with Gasteiger partial charge in [-0.15, -0.1) is 11.3 Å². The lowest BCUT2D eigenvalue weighted by Gasteiger charge is -2.04. The minimum atomic E-state index is 0.104. The third-order valence-corrected chi connectivity index (χ3v) is 4.42. The maximum absolute atomic E-state index is 12.2. The highest BCUT2D eigenvalue weighted by Gasteiger charge is 2.07. The van der Waals surface area contributed by atoms with Crippen LogP contribution in [0, 0.1) is 6.92 Å². The van der Waals surface area contributed by atoms with Crippen LogP contribution in [0.4, 0.5) is 0 Å². The number of hydrogen-bond donors (Lipinski definition) is 1. The zero-order chi connectivity index (χ0) is 13.0. The van der Waals surface area contributed by atoms with Crippen molar-refractivity contribution in [2.24, 2.45) is 0 Å². The van der Waals surface area contributed by atoms with Crippen LogP contribution in [0.3, 0.4) is 0 Å². The van der Waals surface area contributed by atoms with Crippen LogP contribution in [0.2, 0.25) is 0 Å². The lowest BCUT2D eigenvalue weighted by Crippen LogP contribution is -2.19. The number of aromatic nitrogens is 2. The van der Waals surface area contributed by atoms with E-state index >= 15 is 0 Å². The fourth-order valence-electron chi connectivity index (χ4n) is 1.97. The van der Waals surface area contributed by atoms with Gasteiger partial charge in [0.2, 0.25) is 0 Å². The van der Waals surface area contributed by atoms with Crippen molar-refractivity contribution in [1.82, 2.24) is 9.55 Å². The number of unbranched alkanes of at least 4 members (excludes halogenated alkanes) is 3. The van der Waals surface area contributed by atoms with Gasteiger partial charge in [0.15, 0.2) is 0 Å². The van der Waals surface area contributed by atoms with E-state index in [2.05, 4.69) is 17.6 Å². The van der Waals surface area contributed by atoms with E-state index in [0.29, 0.717) is 0 Å². The monoisotopic (exact) mass is 282 g/mol. The first-order valence-corrected chi connectivity index (χ1v) is 7.79. The van der Waals surface area contributed by atoms with Gasteiger partial charge in [0.1, 0.15) is 4.70 Å². The summed E-state index contributed by atoms with van der Waals surface area (Å²) in [5.41, 5.74) is 2.05. The van der Waals surface area contributed by atoms with Gasteiger partial charge in [-0.2, -0.15) is 12.6 Å². The van der Waals surface area contributed by atoms with Crippen LogP contribution in [-0.2, 0) is 6.54 Å². The van der Waals surface area contributed by atoms with Crippen molar-refractivity contribution < 1.29 is 0 Å². The smallest absolute Gasteiger partial charge is 0.271 e. The van der Waals surface area contributed by atoms with Crippen LogP contribution in [0.25, 0.3) is 10.2 Å². The molecule has 0 aliphatic heterocycles. The first-order chi connectivity index (χ1) is 8.74. The summed E-state index contributed by atoms with van der Waals surface area (Å²) in [5, 5.41) is 2.00. The van der Waals surface area contributed by atoms with Gasteiger partial charge >= 0.3 is 0 Å². The fourth-order valence-corrected chi connectivity index (χ4v) is 3.14. The SMILES string of the molecule is Cc1csc2c(=O)n(CCCCCCS)cnc12. The average Bonchev–Trinajstić information content (AvgIpc) is 2.74. The van der Waals surface area contributed by atoms with Crippen LogP contribution in [-0.4, -0.2) is 15.3 Å². The predicted molar refractivity (Wildman–Crippen MR) is 80.9 cm³/mol. The first-order valence-electron chi connectivity index (χ1n) is 6.28. The summed E-state index contributed by atoms with van der Waals surface area (Å²) < 4.78 is 2.52. The van der Waals surface area contributed by atoms with Crippen molar-refractivity contribution in [3.05, 3.63) is 27.6 Å². The molecule has 18 heavy (non-hydrogen) atoms. The van der Waals surface area contributed by atoms with Gasteiger partial charge in [-0.3, -0.25) is 9.36 Å². The summed E-state index contributed by atoms with van der Waals surface area (Å²) in [6, 6.07) is 0. The fraction of sp³-hybridized carbons (Fsp3) is 0.538. The summed E-state index contributed by atoms with van der Waals surface area (Å²) in [6.07, 6.45) is 6.20. The topological polar surface area (TPSA) is 34.9 Å². The van der Waals surface area contributed by atoms with Gasteiger partial charge < -0.3 is 0 Å². The van der Waals surface area contributed by atoms with Gasteiger partial charge in [0, 0.05) is 6.54 Å². The molecule has 0 saturated carbocycles. The molecule has 0 atom stereocenters. The molecule has 0 radical (unpaired) electrons. The molecule has 0 aliphatic rings. The summed E-state index contributed by atoms with van der Waals surface area (Å²) in [7, 11) is 0. The number of fused-ring (bicyclic) bond motifs is 1. The highest BCUT2D eigenvalue weighted by atomic mass is 32.1. The van der Waals surface area contributed by atoms with Crippen molar-refractivity contribution in [2.45, 2.75) is 39.2 Å². The lowest BCUT2D eigenvalue weighted by molar-refractivity contribution is 0.569. The van der Waals surface area contributed by atoms with E-state index in [1.54, 1.807) is 10.9 Å². The lowest BCUT2D eigenvalue weighted by atomic mass is 10.2. The van der Waals surface area contributed by atoms with Crippen LogP contribution in [0.1, 0.15) is 31.2 Å². The molecule has 3 nitrogen and oxygen atoms in total. The zero-order valence-electron chi connectivity index (χ0n) is 10.6. The number of hydrogen-bond acceptors (Lipinski definition) is 4. The molecule has 0 saturated heterocycles. The van der Waals surface area contributed by atoms with Gasteiger partial charge in [0.05, 0.1) is 11.8 Å². The summed E-state index contributed by atoms with van der Waals surface area (Å²) in [5.74, 6) is 0.946. The number of thiol groups is 1. The number of aryl methyl sites for hydroxylation is 2. The highest BCUT2D eigenvalue weighted by Crippen LogP contribution is 2.19. The Hall–Kier alpha value is -0.810. The van der Waals surface area contributed by atoms with Crippen molar-refractivity contribution in [2.75, 3.05) is 5.75 Å². The molecular weight excluding hydrogens is 264 g/mol. The van der Waals surface area contributed by atoms with Crippen molar-refractivity contribution in [1.29, 1.82) is 0 Å². The molecule has 2 aromatic heterocycles. The largest absolute Gasteiger partial charge is 0.298 e. The van der Waals surface area contributed by atoms with E-state index in [9.17, 15) is 4.79 Å². The highest BCUT2D eigenvalue weighted by molar-refractivity contribution is 7.80. The Morgan fingerprint density at radius 1 is 1.33 bits per heavy atom. The Balaban J connectivity index is 2.05. The zero-order valence-corrected chi connectivity index (χ0v) is 12.3. The van der Waals surface area contributed by atoms with Crippen LogP contribution in [0.15, 0.2) is 16.5 Å². The molecule has 98 valence electrons. The Labute approximate surface area is 116 Å². The average molecular weight is 282 g/mol. The molecule has 5 heteroatoms. The third-order valence-electron chi connectivity index (χ3n) is 3.03. The van der Waals surface area contributed by atoms with Crippen molar-refractivity contribution in [3.63, 3.8) is 0 Å². The molecule has 2 aromatic rings. The molecule has 0 spiro atoms. The van der Waals surface area contributed by atoms with E-state index in [0.717, 1.165) is 47.3 Å². The van der Waals surface area contributed by atoms with Crippen molar-refractivity contribution >= 4 is 34.2 Å². The summed E-state index contributed by atoms with van der Waals surface area (Å²) in [4.78, 5) is 16.6. The molecule has 0 aliphatic carbocycles. The molecule has 0 bridgehead atoms. The van der Waals surface area contributed by atoms with Gasteiger partial charge in [-0.05, 0) is 36.5 Å². The molecule has 0 amide bonds. The van der Waals surface area contributed by atoms with E-state index < -0.39 is 0 Å². The van der Waals surface area contributed by atoms with E-state index in [1.165, 1.54) is 17.8 Å². The van der Waals surface area contributed by atoms with E-state index in [4.69, 9.17) is 0 Å². The molecule has 0 unspecified atom stereocenters. The normalized spacial score (nSPS) is 11.2. The molecule has 0 fully saturated rings. The Bertz CT molecular complexity index is 574. The maximum atomic E-state index is 12.2. The minimum absolute atomic E-state index is 0.104. The Morgan fingerprint density at radius 2 is 2.11 bits per heavy atom. The predicted octanol–water partition coefficient (Wildman–Crippen LogP) is 3.26. The van der Waals surface area contributed by atoms with E-state index in [-0.39, 0.29) is 5.56 Å². The molecule has 2 rings (SSSR count). The second-order valence-corrected chi connectivity index (χ2v) is 5.80. The van der Waals surface area contributed by atoms with E-state index in [1.807, 2.05) is 12.3 Å². The Kier molecular flexibility index (Phi) is 4.83. The second kappa shape index (κ2) is 6.38. The van der Waals surface area contributed by atoms with Crippen LogP contribution < -0.4 is 5.56 Å². The molecular formula is C13H18N2OS2. The standard InChI is InChI=1S/C13H18N2OS2/c1-10-8-18-12-11(10)14-9-15(13(12)16)6-4-2-3-5-7-17/h8-9,17H,2-7H2,1H3. The molecule has 0 aromatic carbocycles. The van der Waals surface area contributed by atoms with Crippen LogP contribution in [0.5, 0.6) is 0 Å². The van der Waals surface area contributed by atoms with Gasteiger partial charge in [-0.1, -0.05) is 12.8 Å². The quantitative estimate of drug-likeness (QED) is 0.652. The third kappa shape index (κ3) is 2.95. The first kappa shape index (κ1) is 13.6. The number of rotatable bonds is 6. The second-order valence-electron chi connectivity index (χ2n) is 4.48. The molecule has 0 N–H and O–H groups in total. The number of thiophene rings is 1. The summed E-state index contributed by atoms with van der Waals surface area (Å²) >= 11 is 5.68. The van der Waals surface area contributed by atoms with Crippen molar-refractivity contribution in [3.8, 4) is 0 Å².